The summed E-state index contributed by atoms with van der Waals surface area (Å²) >= 11 is 0. The first kappa shape index (κ1) is 12.4. The molecule has 0 aliphatic carbocycles. The molecule has 0 bridgehead atoms. The fourth-order valence-corrected chi connectivity index (χ4v) is 2.77. The van der Waals surface area contributed by atoms with Crippen molar-refractivity contribution in [3.05, 3.63) is 35.3 Å². The van der Waals surface area contributed by atoms with Gasteiger partial charge in [-0.25, -0.2) is 0 Å². The summed E-state index contributed by atoms with van der Waals surface area (Å²) in [7, 11) is 0. The van der Waals surface area contributed by atoms with Crippen LogP contribution in [0.4, 0.5) is 0 Å². The molecule has 1 atom stereocenters. The molecule has 0 saturated carbocycles. The molecule has 4 nitrogen and oxygen atoms in total. The van der Waals surface area contributed by atoms with Gasteiger partial charge in [0.15, 0.2) is 0 Å². The fraction of sp³-hybridized carbons (Fsp3) is 0.467. The third-order valence-electron chi connectivity index (χ3n) is 3.78. The van der Waals surface area contributed by atoms with E-state index >= 15 is 0 Å². The lowest BCUT2D eigenvalue weighted by atomic mass is 9.95. The maximum atomic E-state index is 5.23. The molecule has 0 radical (unpaired) electrons. The normalized spacial score (nSPS) is 19.6. The zero-order chi connectivity index (χ0) is 13.2. The molecule has 3 rings (SSSR count). The maximum Gasteiger partial charge on any atom is 0.143 e. The topological polar surface area (TPSA) is 51.0 Å². The quantitative estimate of drug-likeness (QED) is 0.898. The second-order valence-electron chi connectivity index (χ2n) is 5.19. The minimum absolute atomic E-state index is 0.522. The Bertz CT molecular complexity index is 551. The van der Waals surface area contributed by atoms with Crippen molar-refractivity contribution in [1.82, 2.24) is 15.5 Å². The van der Waals surface area contributed by atoms with E-state index in [1.54, 1.807) is 0 Å². The van der Waals surface area contributed by atoms with Crippen molar-refractivity contribution in [3.63, 3.8) is 0 Å². The molecular formula is C15H19N3O. The predicted octanol–water partition coefficient (Wildman–Crippen LogP) is 2.82. The molecule has 0 amide bonds. The highest BCUT2D eigenvalue weighted by molar-refractivity contribution is 5.63. The molecule has 0 spiro atoms. The van der Waals surface area contributed by atoms with Gasteiger partial charge in [0.05, 0.1) is 17.0 Å². The van der Waals surface area contributed by atoms with Crippen molar-refractivity contribution in [2.45, 2.75) is 32.6 Å². The van der Waals surface area contributed by atoms with Crippen LogP contribution in [-0.2, 0) is 0 Å². The summed E-state index contributed by atoms with van der Waals surface area (Å²) < 4.78 is 5.23. The molecule has 100 valence electrons. The Morgan fingerprint density at radius 1 is 1.32 bits per heavy atom. The van der Waals surface area contributed by atoms with Crippen LogP contribution < -0.4 is 5.32 Å². The van der Waals surface area contributed by atoms with Gasteiger partial charge < -0.3 is 9.84 Å². The van der Waals surface area contributed by atoms with Crippen molar-refractivity contribution in [2.24, 2.45) is 0 Å². The molecule has 1 saturated heterocycles. The summed E-state index contributed by atoms with van der Waals surface area (Å²) in [4.78, 5) is 4.82. The smallest absolute Gasteiger partial charge is 0.143 e. The summed E-state index contributed by atoms with van der Waals surface area (Å²) in [6, 6.07) is 6.24. The molecule has 1 aliphatic rings. The van der Waals surface area contributed by atoms with Crippen LogP contribution in [0.25, 0.3) is 11.3 Å². The van der Waals surface area contributed by atoms with Crippen molar-refractivity contribution in [2.75, 3.05) is 13.1 Å². The van der Waals surface area contributed by atoms with Crippen LogP contribution in [0.15, 0.2) is 22.7 Å². The van der Waals surface area contributed by atoms with E-state index in [2.05, 4.69) is 22.6 Å². The molecule has 0 aromatic carbocycles. The number of nitrogens with one attached hydrogen (secondary N) is 1. The SMILES string of the molecule is Cc1noc(C)c1-c1cccc([C@@H]2CCCNC2)n1. The number of pyridine rings is 1. The van der Waals surface area contributed by atoms with Gasteiger partial charge >= 0.3 is 0 Å². The monoisotopic (exact) mass is 257 g/mol. The van der Waals surface area contributed by atoms with E-state index in [9.17, 15) is 0 Å². The average molecular weight is 257 g/mol. The van der Waals surface area contributed by atoms with Crippen molar-refractivity contribution in [1.29, 1.82) is 0 Å². The van der Waals surface area contributed by atoms with Crippen LogP contribution in [0.3, 0.4) is 0 Å². The van der Waals surface area contributed by atoms with E-state index in [1.807, 2.05) is 19.9 Å². The van der Waals surface area contributed by atoms with Gasteiger partial charge in [0.25, 0.3) is 0 Å². The van der Waals surface area contributed by atoms with Gasteiger partial charge in [0.1, 0.15) is 5.76 Å². The minimum atomic E-state index is 0.522. The summed E-state index contributed by atoms with van der Waals surface area (Å²) in [6.07, 6.45) is 2.44. The van der Waals surface area contributed by atoms with Crippen LogP contribution in [0.2, 0.25) is 0 Å². The highest BCUT2D eigenvalue weighted by Crippen LogP contribution is 2.28. The number of hydrogen-bond acceptors (Lipinski definition) is 4. The van der Waals surface area contributed by atoms with Crippen molar-refractivity contribution in [3.8, 4) is 11.3 Å². The van der Waals surface area contributed by atoms with E-state index in [-0.39, 0.29) is 0 Å². The molecule has 1 fully saturated rings. The van der Waals surface area contributed by atoms with Crippen LogP contribution in [0.1, 0.15) is 35.9 Å². The lowest BCUT2D eigenvalue weighted by molar-refractivity contribution is 0.393. The molecule has 2 aromatic rings. The number of hydrogen-bond donors (Lipinski definition) is 1. The summed E-state index contributed by atoms with van der Waals surface area (Å²) in [6.45, 7) is 6.05. The molecule has 1 N–H and O–H groups in total. The van der Waals surface area contributed by atoms with Crippen molar-refractivity contribution >= 4 is 0 Å². The Morgan fingerprint density at radius 2 is 2.21 bits per heavy atom. The van der Waals surface area contributed by atoms with E-state index in [1.165, 1.54) is 18.5 Å². The second kappa shape index (κ2) is 5.13. The van der Waals surface area contributed by atoms with Gasteiger partial charge in [-0.3, -0.25) is 4.98 Å². The van der Waals surface area contributed by atoms with E-state index in [0.717, 1.165) is 35.8 Å². The summed E-state index contributed by atoms with van der Waals surface area (Å²) in [5, 5.41) is 7.45. The van der Waals surface area contributed by atoms with E-state index < -0.39 is 0 Å². The van der Waals surface area contributed by atoms with Gasteiger partial charge in [-0.05, 0) is 45.4 Å². The standard InChI is InChI=1S/C15H19N3O/c1-10-15(11(2)19-18-10)14-7-3-6-13(17-14)12-5-4-8-16-9-12/h3,6-7,12,16H,4-5,8-9H2,1-2H3/t12-/m1/s1. The molecule has 2 aromatic heterocycles. The highest BCUT2D eigenvalue weighted by atomic mass is 16.5. The Kier molecular flexibility index (Phi) is 3.34. The average Bonchev–Trinajstić information content (AvgIpc) is 2.79. The molecule has 19 heavy (non-hydrogen) atoms. The molecule has 0 unspecified atom stereocenters. The van der Waals surface area contributed by atoms with Gasteiger partial charge in [0, 0.05) is 18.2 Å². The summed E-state index contributed by atoms with van der Waals surface area (Å²) in [5.41, 5.74) is 4.08. The zero-order valence-corrected chi connectivity index (χ0v) is 11.4. The van der Waals surface area contributed by atoms with Gasteiger partial charge in [0.2, 0.25) is 0 Å². The first-order valence-corrected chi connectivity index (χ1v) is 6.86. The Labute approximate surface area is 113 Å². The van der Waals surface area contributed by atoms with Crippen LogP contribution in [0.5, 0.6) is 0 Å². The maximum absolute atomic E-state index is 5.23. The summed E-state index contributed by atoms with van der Waals surface area (Å²) in [5.74, 6) is 1.36. The largest absolute Gasteiger partial charge is 0.361 e. The highest BCUT2D eigenvalue weighted by Gasteiger charge is 2.18. The first-order chi connectivity index (χ1) is 9.25. The predicted molar refractivity (Wildman–Crippen MR) is 74.1 cm³/mol. The molecule has 1 aliphatic heterocycles. The third-order valence-corrected chi connectivity index (χ3v) is 3.78. The minimum Gasteiger partial charge on any atom is -0.361 e. The Hall–Kier alpha value is -1.68. The molecule has 3 heterocycles. The number of piperidine rings is 1. The zero-order valence-electron chi connectivity index (χ0n) is 11.4. The molecular weight excluding hydrogens is 238 g/mol. The van der Waals surface area contributed by atoms with Gasteiger partial charge in [-0.15, -0.1) is 0 Å². The lowest BCUT2D eigenvalue weighted by Crippen LogP contribution is -2.28. The van der Waals surface area contributed by atoms with Gasteiger partial charge in [-0.1, -0.05) is 11.2 Å². The number of rotatable bonds is 2. The van der Waals surface area contributed by atoms with E-state index in [0.29, 0.717) is 5.92 Å². The molecule has 4 heteroatoms. The number of aromatic nitrogens is 2. The van der Waals surface area contributed by atoms with Crippen LogP contribution >= 0.6 is 0 Å². The first-order valence-electron chi connectivity index (χ1n) is 6.86. The number of nitrogens with zero attached hydrogens (tertiary/aromatic N) is 2. The van der Waals surface area contributed by atoms with Gasteiger partial charge in [-0.2, -0.15) is 0 Å². The fourth-order valence-electron chi connectivity index (χ4n) is 2.77. The Morgan fingerprint density at radius 3 is 2.89 bits per heavy atom. The second-order valence-corrected chi connectivity index (χ2v) is 5.19. The van der Waals surface area contributed by atoms with E-state index in [4.69, 9.17) is 9.51 Å². The lowest BCUT2D eigenvalue weighted by Gasteiger charge is -2.22. The van der Waals surface area contributed by atoms with Crippen LogP contribution in [-0.4, -0.2) is 23.2 Å². The Balaban J connectivity index is 1.95. The third kappa shape index (κ3) is 2.40. The van der Waals surface area contributed by atoms with Crippen molar-refractivity contribution < 1.29 is 4.52 Å². The number of aryl methyl sites for hydroxylation is 2. The van der Waals surface area contributed by atoms with Crippen LogP contribution in [0, 0.1) is 13.8 Å².